The van der Waals surface area contributed by atoms with E-state index in [1.165, 1.54) is 47.4 Å². The van der Waals surface area contributed by atoms with Crippen molar-refractivity contribution in [3.63, 3.8) is 0 Å². The number of aliphatic hydroxyl groups is 1. The maximum absolute atomic E-state index is 12.8. The van der Waals surface area contributed by atoms with E-state index in [4.69, 9.17) is 11.6 Å². The molecular weight excluding hydrogens is 486 g/mol. The number of carbonyl (C=O) groups is 2. The summed E-state index contributed by atoms with van der Waals surface area (Å²) >= 11 is 4.75. The maximum atomic E-state index is 12.8. The average molecular weight is 507 g/mol. The zero-order chi connectivity index (χ0) is 25.2. The summed E-state index contributed by atoms with van der Waals surface area (Å²) in [6.45, 7) is 0.870. The normalized spacial score (nSPS) is 15.7. The number of aryl methyl sites for hydroxylation is 1. The van der Waals surface area contributed by atoms with Crippen LogP contribution in [0.15, 0.2) is 48.9 Å². The largest absolute Gasteiger partial charge is 0.487 e. The number of nitrogens with zero attached hydrogens (tertiary/aromatic N) is 4. The smallest absolute Gasteiger partial charge is 0.420 e. The van der Waals surface area contributed by atoms with E-state index in [2.05, 4.69) is 25.5 Å². The highest BCUT2D eigenvalue weighted by molar-refractivity contribution is 6.20. The lowest BCUT2D eigenvalue weighted by atomic mass is 10.2. The third kappa shape index (κ3) is 6.22. The number of anilines is 3. The van der Waals surface area contributed by atoms with E-state index in [9.17, 15) is 23.5 Å². The Morgan fingerprint density at radius 2 is 1.89 bits per heavy atom. The second-order valence-corrected chi connectivity index (χ2v) is 8.31. The van der Waals surface area contributed by atoms with Crippen LogP contribution in [-0.4, -0.2) is 56.4 Å². The van der Waals surface area contributed by atoms with E-state index in [1.807, 2.05) is 4.90 Å². The first-order chi connectivity index (χ1) is 16.6. The van der Waals surface area contributed by atoms with Crippen molar-refractivity contribution in [2.45, 2.75) is 18.1 Å². The molecule has 4 rings (SSSR count). The van der Waals surface area contributed by atoms with Crippen LogP contribution in [0.3, 0.4) is 0 Å². The first-order valence-corrected chi connectivity index (χ1v) is 10.9. The van der Waals surface area contributed by atoms with E-state index >= 15 is 0 Å². The quantitative estimate of drug-likeness (QED) is 0.421. The lowest BCUT2D eigenvalue weighted by molar-refractivity contribution is -0.0964. The van der Waals surface area contributed by atoms with Gasteiger partial charge in [0.05, 0.1) is 29.1 Å². The second-order valence-electron chi connectivity index (χ2n) is 7.87. The summed E-state index contributed by atoms with van der Waals surface area (Å²) in [5.74, 6) is -0.745. The topological polar surface area (TPSA) is 122 Å². The van der Waals surface area contributed by atoms with E-state index in [1.54, 1.807) is 13.2 Å². The fourth-order valence-electron chi connectivity index (χ4n) is 3.54. The molecule has 1 saturated heterocycles. The van der Waals surface area contributed by atoms with Crippen LogP contribution in [0.2, 0.25) is 0 Å². The predicted molar refractivity (Wildman–Crippen MR) is 124 cm³/mol. The van der Waals surface area contributed by atoms with Crippen LogP contribution in [0, 0.1) is 0 Å². The number of hydrogen-bond acceptors (Lipinski definition) is 7. The van der Waals surface area contributed by atoms with Gasteiger partial charge in [0.2, 0.25) is 0 Å². The number of carbonyl (C=O) groups excluding carboxylic acids is 2. The van der Waals surface area contributed by atoms with Crippen LogP contribution < -0.4 is 20.3 Å². The molecule has 35 heavy (non-hydrogen) atoms. The summed E-state index contributed by atoms with van der Waals surface area (Å²) in [5, 5.41) is 19.3. The van der Waals surface area contributed by atoms with Gasteiger partial charge in [-0.05, 0) is 36.8 Å². The van der Waals surface area contributed by atoms with Gasteiger partial charge < -0.3 is 25.4 Å². The molecule has 1 aliphatic heterocycles. The molecule has 2 amide bonds. The molecule has 1 aliphatic rings. The maximum Gasteiger partial charge on any atom is 0.487 e. The lowest BCUT2D eigenvalue weighted by Crippen LogP contribution is -2.25. The number of rotatable bonds is 7. The van der Waals surface area contributed by atoms with Gasteiger partial charge in [-0.3, -0.25) is 14.3 Å². The van der Waals surface area contributed by atoms with Crippen LogP contribution in [-0.2, 0) is 7.05 Å². The highest BCUT2D eigenvalue weighted by Gasteiger charge is 2.28. The number of amides is 2. The SMILES string of the molecule is Cn1cc(C(=O)Nc2cc(C(=O)Nc3ccc(OC(F)(F)Cl)cc3)cnc2N2CCC(O)C2)cn1. The molecule has 3 N–H and O–H groups in total. The zero-order valence-corrected chi connectivity index (χ0v) is 19.2. The van der Waals surface area contributed by atoms with Gasteiger partial charge in [0.15, 0.2) is 5.82 Å². The minimum absolute atomic E-state index is 0.141. The molecule has 184 valence electrons. The summed E-state index contributed by atoms with van der Waals surface area (Å²) in [7, 11) is 1.68. The highest BCUT2D eigenvalue weighted by atomic mass is 35.5. The second kappa shape index (κ2) is 9.84. The Morgan fingerprint density at radius 1 is 1.17 bits per heavy atom. The number of pyridine rings is 1. The Bertz CT molecular complexity index is 1230. The van der Waals surface area contributed by atoms with E-state index < -0.39 is 23.5 Å². The highest BCUT2D eigenvalue weighted by Crippen LogP contribution is 2.29. The van der Waals surface area contributed by atoms with Crippen molar-refractivity contribution >= 4 is 40.6 Å². The minimum atomic E-state index is -3.85. The van der Waals surface area contributed by atoms with Crippen molar-refractivity contribution in [2.24, 2.45) is 7.05 Å². The van der Waals surface area contributed by atoms with Crippen molar-refractivity contribution < 1.29 is 28.2 Å². The number of hydrogen-bond donors (Lipinski definition) is 3. The van der Waals surface area contributed by atoms with E-state index in [0.29, 0.717) is 36.6 Å². The third-order valence-electron chi connectivity index (χ3n) is 5.15. The summed E-state index contributed by atoms with van der Waals surface area (Å²) in [4.78, 5) is 31.7. The van der Waals surface area contributed by atoms with Gasteiger partial charge in [-0.15, -0.1) is 8.78 Å². The number of aromatic nitrogens is 3. The van der Waals surface area contributed by atoms with Crippen molar-refractivity contribution in [1.29, 1.82) is 0 Å². The molecule has 1 unspecified atom stereocenters. The molecule has 13 heteroatoms. The molecule has 0 aliphatic carbocycles. The average Bonchev–Trinajstić information content (AvgIpc) is 3.42. The molecule has 10 nitrogen and oxygen atoms in total. The van der Waals surface area contributed by atoms with Crippen molar-refractivity contribution in [2.75, 3.05) is 28.6 Å². The summed E-state index contributed by atoms with van der Waals surface area (Å²) in [5.41, 5.74) is -2.79. The van der Waals surface area contributed by atoms with Crippen molar-refractivity contribution in [3.05, 3.63) is 60.0 Å². The van der Waals surface area contributed by atoms with Gasteiger partial charge in [-0.25, -0.2) is 4.98 Å². The molecule has 3 aromatic rings. The monoisotopic (exact) mass is 506 g/mol. The Balaban J connectivity index is 1.55. The molecule has 3 heterocycles. The molecular formula is C22H21ClF2N6O4. The summed E-state index contributed by atoms with van der Waals surface area (Å²) in [6, 6.07) is 6.67. The number of nitrogens with one attached hydrogen (secondary N) is 2. The molecule has 0 saturated carbocycles. The molecule has 1 fully saturated rings. The molecule has 0 bridgehead atoms. The van der Waals surface area contributed by atoms with Crippen molar-refractivity contribution in [3.8, 4) is 5.75 Å². The zero-order valence-electron chi connectivity index (χ0n) is 18.4. The van der Waals surface area contributed by atoms with Crippen LogP contribution in [0.1, 0.15) is 27.1 Å². The molecule has 0 radical (unpaired) electrons. The number of ether oxygens (including phenoxy) is 1. The van der Waals surface area contributed by atoms with Crippen LogP contribution in [0.25, 0.3) is 0 Å². The van der Waals surface area contributed by atoms with Gasteiger partial charge in [0.25, 0.3) is 11.8 Å². The number of aliphatic hydroxyl groups excluding tert-OH is 1. The van der Waals surface area contributed by atoms with Crippen LogP contribution >= 0.6 is 11.6 Å². The van der Waals surface area contributed by atoms with Crippen molar-refractivity contribution in [1.82, 2.24) is 14.8 Å². The molecule has 0 spiro atoms. The van der Waals surface area contributed by atoms with Gasteiger partial charge in [-0.2, -0.15) is 5.10 Å². The van der Waals surface area contributed by atoms with Crippen LogP contribution in [0.4, 0.5) is 26.0 Å². The summed E-state index contributed by atoms with van der Waals surface area (Å²) in [6.07, 6.45) is 4.33. The molecule has 1 atom stereocenters. The summed E-state index contributed by atoms with van der Waals surface area (Å²) < 4.78 is 31.2. The van der Waals surface area contributed by atoms with Gasteiger partial charge in [0.1, 0.15) is 5.75 Å². The first-order valence-electron chi connectivity index (χ1n) is 10.5. The minimum Gasteiger partial charge on any atom is -0.420 e. The Labute approximate surface area is 203 Å². The lowest BCUT2D eigenvalue weighted by Gasteiger charge is -2.21. The van der Waals surface area contributed by atoms with Crippen LogP contribution in [0.5, 0.6) is 5.75 Å². The standard InChI is InChI=1S/C22H21ClF2N6O4/c1-30-11-14(10-27-30)21(34)29-18-8-13(9-26-19(18)31-7-6-16(32)12-31)20(33)28-15-2-4-17(5-3-15)35-22(23,24)25/h2-5,8-11,16,32H,6-7,12H2,1H3,(H,28,33)(H,29,34). The number of benzene rings is 1. The molecule has 2 aromatic heterocycles. The Kier molecular flexibility index (Phi) is 6.85. The van der Waals surface area contributed by atoms with E-state index in [0.717, 1.165) is 0 Å². The molecule has 1 aromatic carbocycles. The predicted octanol–water partition coefficient (Wildman–Crippen LogP) is 3.06. The number of alkyl halides is 3. The fraction of sp³-hybridized carbons (Fsp3) is 0.273. The number of halogens is 3. The van der Waals surface area contributed by atoms with Gasteiger partial charge >= 0.3 is 5.57 Å². The third-order valence-corrected chi connectivity index (χ3v) is 5.23. The van der Waals surface area contributed by atoms with E-state index in [-0.39, 0.29) is 17.0 Å². The first kappa shape index (κ1) is 24.4. The number of β-amino-alcohol motifs (C(OH)–C–C–N with tert-alkyl or cyclic N) is 1. The van der Waals surface area contributed by atoms with Gasteiger partial charge in [-0.1, -0.05) is 0 Å². The van der Waals surface area contributed by atoms with Gasteiger partial charge in [0, 0.05) is 49.8 Å². The fourth-order valence-corrected chi connectivity index (χ4v) is 3.63. The Hall–Kier alpha value is -3.77. The Morgan fingerprint density at radius 3 is 2.49 bits per heavy atom.